The van der Waals surface area contributed by atoms with E-state index in [1.54, 1.807) is 0 Å². The number of hydrogen-bond donors (Lipinski definition) is 2. The predicted octanol–water partition coefficient (Wildman–Crippen LogP) is -0.128. The van der Waals surface area contributed by atoms with E-state index in [-0.39, 0.29) is 39.3 Å². The summed E-state index contributed by atoms with van der Waals surface area (Å²) in [5.74, 6) is 9.70. The molecule has 0 bridgehead atoms. The zero-order valence-electron chi connectivity index (χ0n) is 10.2. The highest BCUT2D eigenvalue weighted by Crippen LogP contribution is 2.29. The smallest absolute Gasteiger partial charge is 0.302 e. The van der Waals surface area contributed by atoms with E-state index in [0.29, 0.717) is 0 Å². The second-order valence-electron chi connectivity index (χ2n) is 3.48. The quantitative estimate of drug-likeness (QED) is 0.721. The third-order valence-electron chi connectivity index (χ3n) is 2.43. The van der Waals surface area contributed by atoms with Crippen molar-refractivity contribution in [2.45, 2.75) is 0 Å². The molecule has 0 saturated carbocycles. The average Bonchev–Trinajstić information content (AvgIpc) is 2.51. The van der Waals surface area contributed by atoms with Gasteiger partial charge in [0.25, 0.3) is 0 Å². The summed E-state index contributed by atoms with van der Waals surface area (Å²) in [6.07, 6.45) is 0. The van der Waals surface area contributed by atoms with E-state index >= 15 is 0 Å². The van der Waals surface area contributed by atoms with Gasteiger partial charge in [-0.25, -0.2) is 9.97 Å². The Morgan fingerprint density at radius 3 is 2.20 bits per heavy atom. The Bertz CT molecular complexity index is 685. The number of nitriles is 1. The molecule has 0 aliphatic rings. The van der Waals surface area contributed by atoms with Gasteiger partial charge in [0.05, 0.1) is 29.4 Å². The lowest BCUT2D eigenvalue weighted by Crippen LogP contribution is -2.14. The third-order valence-corrected chi connectivity index (χ3v) is 2.43. The highest BCUT2D eigenvalue weighted by molar-refractivity contribution is 5.83. The summed E-state index contributed by atoms with van der Waals surface area (Å²) in [5.41, 5.74) is 0.545. The van der Waals surface area contributed by atoms with Crippen LogP contribution < -0.4 is 26.7 Å². The van der Waals surface area contributed by atoms with Crippen LogP contribution >= 0.6 is 0 Å². The molecule has 0 atom stereocenters. The van der Waals surface area contributed by atoms with Gasteiger partial charge in [-0.1, -0.05) is 0 Å². The number of nitrogens with two attached hydrogens (primary N) is 2. The van der Waals surface area contributed by atoms with Crippen molar-refractivity contribution < 1.29 is 14.5 Å². The molecule has 0 aliphatic carbocycles. The highest BCUT2D eigenvalue weighted by Gasteiger charge is 2.14. The molecular formula is C10H9N6O4-. The maximum Gasteiger partial charge on any atom is 0.302 e. The molecule has 10 nitrogen and oxygen atoms in total. The fourth-order valence-corrected chi connectivity index (χ4v) is 1.55. The molecule has 4 N–H and O–H groups in total. The van der Waals surface area contributed by atoms with Crippen molar-refractivity contribution in [3.63, 3.8) is 0 Å². The van der Waals surface area contributed by atoms with Gasteiger partial charge in [-0.2, -0.15) is 17.1 Å². The number of anilines is 1. The lowest BCUT2D eigenvalue weighted by atomic mass is 10.1. The van der Waals surface area contributed by atoms with Crippen molar-refractivity contribution in [1.82, 2.24) is 9.97 Å². The van der Waals surface area contributed by atoms with Gasteiger partial charge in [-0.3, -0.25) is 4.84 Å². The molecule has 0 unspecified atom stereocenters. The summed E-state index contributed by atoms with van der Waals surface area (Å²) in [6, 6.07) is 4.50. The first-order valence-corrected chi connectivity index (χ1v) is 5.15. The van der Waals surface area contributed by atoms with Gasteiger partial charge in [0, 0.05) is 0 Å². The third kappa shape index (κ3) is 2.25. The Balaban J connectivity index is 2.71. The van der Waals surface area contributed by atoms with Crippen LogP contribution in [0.1, 0.15) is 5.56 Å². The van der Waals surface area contributed by atoms with Crippen LogP contribution in [0.3, 0.4) is 0 Å². The predicted molar refractivity (Wildman–Crippen MR) is 66.7 cm³/mol. The van der Waals surface area contributed by atoms with E-state index in [1.807, 2.05) is 6.07 Å². The molecule has 2 rings (SSSR count). The molecule has 1 aromatic carbocycles. The second-order valence-corrected chi connectivity index (χ2v) is 3.48. The number of nitrogens with zero attached hydrogens (tertiary/aromatic N) is 4. The Hall–Kier alpha value is -2.71. The molecule has 1 aromatic heterocycles. The lowest BCUT2D eigenvalue weighted by molar-refractivity contribution is 0.198. The largest absolute Gasteiger partial charge is 0.733 e. The zero-order valence-corrected chi connectivity index (χ0v) is 10.2. The topological polar surface area (TPSA) is 156 Å². The van der Waals surface area contributed by atoms with E-state index in [9.17, 15) is 5.21 Å². The minimum atomic E-state index is -0.162. The minimum Gasteiger partial charge on any atom is -0.733 e. The Morgan fingerprint density at radius 2 is 1.75 bits per heavy atom. The van der Waals surface area contributed by atoms with E-state index in [4.69, 9.17) is 17.1 Å². The SMILES string of the molecule is CON([O-])c1cc2nc(ON)c(ON)nc2cc1C#N. The van der Waals surface area contributed by atoms with E-state index in [2.05, 4.69) is 24.5 Å². The average molecular weight is 277 g/mol. The number of fused-ring (bicyclic) bond motifs is 1. The van der Waals surface area contributed by atoms with Gasteiger partial charge >= 0.3 is 11.8 Å². The van der Waals surface area contributed by atoms with Crippen molar-refractivity contribution in [2.75, 3.05) is 12.3 Å². The van der Waals surface area contributed by atoms with E-state index in [1.165, 1.54) is 19.2 Å². The summed E-state index contributed by atoms with van der Waals surface area (Å²) in [7, 11) is 1.17. The van der Waals surface area contributed by atoms with Gasteiger partial charge in [0.2, 0.25) is 0 Å². The summed E-state index contributed by atoms with van der Waals surface area (Å²) in [6.45, 7) is 0. The molecule has 1 heterocycles. The van der Waals surface area contributed by atoms with Crippen LogP contribution in [0.4, 0.5) is 5.69 Å². The van der Waals surface area contributed by atoms with Crippen molar-refractivity contribution in [2.24, 2.45) is 11.8 Å². The van der Waals surface area contributed by atoms with Gasteiger partial charge in [-0.15, -0.1) is 0 Å². The first-order chi connectivity index (χ1) is 9.64. The monoisotopic (exact) mass is 277 g/mol. The molecule has 0 fully saturated rings. The molecule has 2 aromatic rings. The van der Waals surface area contributed by atoms with Gasteiger partial charge < -0.3 is 20.1 Å². The van der Waals surface area contributed by atoms with Crippen molar-refractivity contribution in [3.8, 4) is 17.8 Å². The van der Waals surface area contributed by atoms with Crippen LogP contribution in [0.25, 0.3) is 11.0 Å². The maximum absolute atomic E-state index is 11.5. The van der Waals surface area contributed by atoms with Crippen molar-refractivity contribution >= 4 is 16.7 Å². The van der Waals surface area contributed by atoms with Crippen LogP contribution in [-0.2, 0) is 4.84 Å². The van der Waals surface area contributed by atoms with E-state index < -0.39 is 0 Å². The Kier molecular flexibility index (Phi) is 3.78. The minimum absolute atomic E-state index is 0.0267. The van der Waals surface area contributed by atoms with Crippen LogP contribution in [0.15, 0.2) is 12.1 Å². The summed E-state index contributed by atoms with van der Waals surface area (Å²) in [5, 5.41) is 20.7. The first kappa shape index (κ1) is 13.7. The molecule has 104 valence electrons. The van der Waals surface area contributed by atoms with E-state index in [0.717, 1.165) is 0 Å². The maximum atomic E-state index is 11.5. The number of aromatic nitrogens is 2. The molecule has 0 amide bonds. The van der Waals surface area contributed by atoms with Crippen LogP contribution in [-0.4, -0.2) is 17.1 Å². The Labute approximate surface area is 112 Å². The normalized spacial score (nSPS) is 10.2. The van der Waals surface area contributed by atoms with Crippen molar-refractivity contribution in [1.29, 1.82) is 5.26 Å². The Morgan fingerprint density at radius 1 is 1.20 bits per heavy atom. The second kappa shape index (κ2) is 5.51. The van der Waals surface area contributed by atoms with Crippen LogP contribution in [0, 0.1) is 16.5 Å². The number of hydrogen-bond acceptors (Lipinski definition) is 10. The van der Waals surface area contributed by atoms with Gasteiger partial charge in [-0.05, 0) is 12.1 Å². The zero-order chi connectivity index (χ0) is 14.7. The van der Waals surface area contributed by atoms with Crippen molar-refractivity contribution in [3.05, 3.63) is 22.9 Å². The fraction of sp³-hybridized carbons (Fsp3) is 0.100. The number of rotatable bonds is 4. The van der Waals surface area contributed by atoms with Gasteiger partial charge in [0.15, 0.2) is 0 Å². The van der Waals surface area contributed by atoms with Gasteiger partial charge in [0.1, 0.15) is 6.07 Å². The molecule has 0 spiro atoms. The molecule has 20 heavy (non-hydrogen) atoms. The standard InChI is InChI=1S/C10H9N6O4/c1-18-16(17)8-3-7-6(2-5(8)4-11)14-9(19-12)10(15-7)20-13/h2-3H,12-13H2,1H3/q-1. The molecular weight excluding hydrogens is 268 g/mol. The summed E-state index contributed by atoms with van der Waals surface area (Å²) in [4.78, 5) is 21.4. The first-order valence-electron chi connectivity index (χ1n) is 5.15. The number of benzene rings is 1. The van der Waals surface area contributed by atoms with Crippen LogP contribution in [0.2, 0.25) is 0 Å². The fourth-order valence-electron chi connectivity index (χ4n) is 1.55. The lowest BCUT2D eigenvalue weighted by Gasteiger charge is -2.27. The molecule has 0 aliphatic heterocycles. The molecule has 10 heteroatoms. The van der Waals surface area contributed by atoms with Crippen LogP contribution in [0.5, 0.6) is 11.8 Å². The summed E-state index contributed by atoms with van der Waals surface area (Å²) < 4.78 is 0. The molecule has 0 saturated heterocycles. The molecule has 0 radical (unpaired) electrons. The highest BCUT2D eigenvalue weighted by atomic mass is 16.9. The summed E-state index contributed by atoms with van der Waals surface area (Å²) >= 11 is 0.